The SMILES string of the molecule is CC(C)NCCNC(=O)c1cscn1. The third-order valence-corrected chi connectivity index (χ3v) is 2.21. The van der Waals surface area contributed by atoms with Crippen LogP contribution in [0.1, 0.15) is 24.3 Å². The van der Waals surface area contributed by atoms with Crippen LogP contribution in [-0.4, -0.2) is 30.0 Å². The van der Waals surface area contributed by atoms with Crippen molar-refractivity contribution in [2.75, 3.05) is 13.1 Å². The van der Waals surface area contributed by atoms with E-state index in [2.05, 4.69) is 29.5 Å². The average molecular weight is 213 g/mol. The molecular weight excluding hydrogens is 198 g/mol. The van der Waals surface area contributed by atoms with Crippen molar-refractivity contribution in [1.82, 2.24) is 15.6 Å². The minimum atomic E-state index is -0.100. The molecule has 0 aromatic carbocycles. The van der Waals surface area contributed by atoms with Crippen molar-refractivity contribution >= 4 is 17.2 Å². The fourth-order valence-corrected chi connectivity index (χ4v) is 1.48. The van der Waals surface area contributed by atoms with Gasteiger partial charge in [0.15, 0.2) is 0 Å². The van der Waals surface area contributed by atoms with Gasteiger partial charge in [0.2, 0.25) is 0 Å². The van der Waals surface area contributed by atoms with Crippen molar-refractivity contribution in [1.29, 1.82) is 0 Å². The molecule has 0 aliphatic heterocycles. The van der Waals surface area contributed by atoms with Crippen molar-refractivity contribution < 1.29 is 4.79 Å². The lowest BCUT2D eigenvalue weighted by molar-refractivity contribution is 0.0949. The molecule has 0 spiro atoms. The molecule has 0 saturated heterocycles. The van der Waals surface area contributed by atoms with Gasteiger partial charge in [-0.05, 0) is 0 Å². The van der Waals surface area contributed by atoms with Crippen LogP contribution in [0.2, 0.25) is 0 Å². The molecular formula is C9H15N3OS. The Hall–Kier alpha value is -0.940. The van der Waals surface area contributed by atoms with Crippen LogP contribution in [0.3, 0.4) is 0 Å². The van der Waals surface area contributed by atoms with Crippen molar-refractivity contribution in [3.8, 4) is 0 Å². The molecule has 0 saturated carbocycles. The van der Waals surface area contributed by atoms with E-state index in [0.29, 0.717) is 18.3 Å². The number of thiazole rings is 1. The second-order valence-electron chi connectivity index (χ2n) is 3.24. The predicted molar refractivity (Wildman–Crippen MR) is 57.6 cm³/mol. The van der Waals surface area contributed by atoms with Gasteiger partial charge in [-0.25, -0.2) is 4.98 Å². The summed E-state index contributed by atoms with van der Waals surface area (Å²) in [5.74, 6) is -0.100. The topological polar surface area (TPSA) is 54.0 Å². The molecule has 1 rings (SSSR count). The highest BCUT2D eigenvalue weighted by atomic mass is 32.1. The molecule has 0 aliphatic rings. The van der Waals surface area contributed by atoms with E-state index in [0.717, 1.165) is 6.54 Å². The summed E-state index contributed by atoms with van der Waals surface area (Å²) >= 11 is 1.42. The minimum Gasteiger partial charge on any atom is -0.349 e. The average Bonchev–Trinajstić information content (AvgIpc) is 2.64. The van der Waals surface area contributed by atoms with Crippen LogP contribution in [0.25, 0.3) is 0 Å². The second-order valence-corrected chi connectivity index (χ2v) is 3.96. The molecule has 14 heavy (non-hydrogen) atoms. The Kier molecular flexibility index (Phi) is 4.55. The Morgan fingerprint density at radius 3 is 2.93 bits per heavy atom. The fourth-order valence-electron chi connectivity index (χ4n) is 0.952. The molecule has 1 aromatic rings. The maximum absolute atomic E-state index is 11.4. The van der Waals surface area contributed by atoms with Crippen LogP contribution in [0.5, 0.6) is 0 Å². The zero-order valence-electron chi connectivity index (χ0n) is 8.41. The summed E-state index contributed by atoms with van der Waals surface area (Å²) in [5, 5.41) is 7.74. The molecule has 0 bridgehead atoms. The van der Waals surface area contributed by atoms with Crippen LogP contribution in [0, 0.1) is 0 Å². The summed E-state index contributed by atoms with van der Waals surface area (Å²) < 4.78 is 0. The lowest BCUT2D eigenvalue weighted by Crippen LogP contribution is -2.34. The summed E-state index contributed by atoms with van der Waals surface area (Å²) in [7, 11) is 0. The maximum Gasteiger partial charge on any atom is 0.270 e. The molecule has 4 nitrogen and oxygen atoms in total. The smallest absolute Gasteiger partial charge is 0.270 e. The lowest BCUT2D eigenvalue weighted by Gasteiger charge is -2.07. The normalized spacial score (nSPS) is 10.5. The van der Waals surface area contributed by atoms with Crippen LogP contribution in [-0.2, 0) is 0 Å². The monoisotopic (exact) mass is 213 g/mol. The van der Waals surface area contributed by atoms with Gasteiger partial charge in [-0.3, -0.25) is 4.79 Å². The van der Waals surface area contributed by atoms with Crippen molar-refractivity contribution in [3.05, 3.63) is 16.6 Å². The number of aromatic nitrogens is 1. The molecule has 2 N–H and O–H groups in total. The quantitative estimate of drug-likeness (QED) is 0.714. The summed E-state index contributed by atoms with van der Waals surface area (Å²) in [6, 6.07) is 0.450. The van der Waals surface area contributed by atoms with E-state index >= 15 is 0 Å². The van der Waals surface area contributed by atoms with Gasteiger partial charge in [-0.15, -0.1) is 11.3 Å². The van der Waals surface area contributed by atoms with Gasteiger partial charge in [0.25, 0.3) is 5.91 Å². The van der Waals surface area contributed by atoms with Crippen molar-refractivity contribution in [2.45, 2.75) is 19.9 Å². The first-order valence-corrected chi connectivity index (χ1v) is 5.54. The van der Waals surface area contributed by atoms with Crippen LogP contribution in [0.15, 0.2) is 10.9 Å². The molecule has 0 unspecified atom stereocenters. The predicted octanol–water partition coefficient (Wildman–Crippen LogP) is 0.871. The van der Waals surface area contributed by atoms with Crippen molar-refractivity contribution in [2.24, 2.45) is 0 Å². The van der Waals surface area contributed by atoms with Crippen LogP contribution in [0.4, 0.5) is 0 Å². The zero-order chi connectivity index (χ0) is 10.4. The number of nitrogens with one attached hydrogen (secondary N) is 2. The molecule has 1 amide bonds. The maximum atomic E-state index is 11.4. The molecule has 78 valence electrons. The van der Waals surface area contributed by atoms with Gasteiger partial charge < -0.3 is 10.6 Å². The minimum absolute atomic E-state index is 0.100. The standard InChI is InChI=1S/C9H15N3OS/c1-7(2)10-3-4-11-9(13)8-5-14-6-12-8/h5-7,10H,3-4H2,1-2H3,(H,11,13). The van der Waals surface area contributed by atoms with E-state index in [9.17, 15) is 4.79 Å². The highest BCUT2D eigenvalue weighted by Crippen LogP contribution is 1.99. The van der Waals surface area contributed by atoms with E-state index in [4.69, 9.17) is 0 Å². The van der Waals surface area contributed by atoms with Gasteiger partial charge >= 0.3 is 0 Å². The highest BCUT2D eigenvalue weighted by molar-refractivity contribution is 7.07. The van der Waals surface area contributed by atoms with Crippen LogP contribution < -0.4 is 10.6 Å². The summed E-state index contributed by atoms with van der Waals surface area (Å²) in [6.07, 6.45) is 0. The Bertz CT molecular complexity index is 272. The molecule has 0 fully saturated rings. The van der Waals surface area contributed by atoms with Gasteiger partial charge in [0.05, 0.1) is 5.51 Å². The number of carbonyl (C=O) groups is 1. The Balaban J connectivity index is 2.16. The molecule has 1 aromatic heterocycles. The summed E-state index contributed by atoms with van der Waals surface area (Å²) in [5.41, 5.74) is 2.15. The third-order valence-electron chi connectivity index (χ3n) is 1.63. The number of hydrogen-bond acceptors (Lipinski definition) is 4. The van der Waals surface area contributed by atoms with E-state index in [1.165, 1.54) is 11.3 Å². The van der Waals surface area contributed by atoms with Gasteiger partial charge in [-0.1, -0.05) is 13.8 Å². The number of hydrogen-bond donors (Lipinski definition) is 2. The molecule has 0 atom stereocenters. The van der Waals surface area contributed by atoms with Gasteiger partial charge in [-0.2, -0.15) is 0 Å². The third kappa shape index (κ3) is 3.85. The molecule has 0 aliphatic carbocycles. The summed E-state index contributed by atoms with van der Waals surface area (Å²) in [4.78, 5) is 15.3. The Morgan fingerprint density at radius 1 is 1.57 bits per heavy atom. The van der Waals surface area contributed by atoms with Crippen LogP contribution >= 0.6 is 11.3 Å². The second kappa shape index (κ2) is 5.72. The zero-order valence-corrected chi connectivity index (χ0v) is 9.23. The lowest BCUT2D eigenvalue weighted by atomic mass is 10.4. The van der Waals surface area contributed by atoms with Gasteiger partial charge in [0, 0.05) is 24.5 Å². The van der Waals surface area contributed by atoms with E-state index < -0.39 is 0 Å². The Labute approximate surface area is 87.7 Å². The van der Waals surface area contributed by atoms with Gasteiger partial charge in [0.1, 0.15) is 5.69 Å². The highest BCUT2D eigenvalue weighted by Gasteiger charge is 2.05. The number of amides is 1. The summed E-state index contributed by atoms with van der Waals surface area (Å²) in [6.45, 7) is 5.56. The number of nitrogens with zero attached hydrogens (tertiary/aromatic N) is 1. The molecule has 0 radical (unpaired) electrons. The molecule has 1 heterocycles. The first-order chi connectivity index (χ1) is 6.70. The van der Waals surface area contributed by atoms with E-state index in [1.807, 2.05) is 0 Å². The first-order valence-electron chi connectivity index (χ1n) is 4.60. The molecule has 5 heteroatoms. The number of rotatable bonds is 5. The Morgan fingerprint density at radius 2 is 2.36 bits per heavy atom. The van der Waals surface area contributed by atoms with E-state index in [-0.39, 0.29) is 5.91 Å². The van der Waals surface area contributed by atoms with Crippen molar-refractivity contribution in [3.63, 3.8) is 0 Å². The fraction of sp³-hybridized carbons (Fsp3) is 0.556. The first kappa shape index (κ1) is 11.1. The number of carbonyl (C=O) groups excluding carboxylic acids is 1. The van der Waals surface area contributed by atoms with E-state index in [1.54, 1.807) is 10.9 Å². The largest absolute Gasteiger partial charge is 0.349 e.